The summed E-state index contributed by atoms with van der Waals surface area (Å²) in [5.41, 5.74) is 0. The minimum absolute atomic E-state index is 0.0865. The molecule has 2 fully saturated rings. The van der Waals surface area contributed by atoms with Crippen LogP contribution < -0.4 is 0 Å². The molecule has 0 amide bonds. The minimum Gasteiger partial charge on any atom is -0.469 e. The predicted molar refractivity (Wildman–Crippen MR) is 80.6 cm³/mol. The second kappa shape index (κ2) is 9.24. The summed E-state index contributed by atoms with van der Waals surface area (Å²) in [6.45, 7) is 3.82. The molecule has 0 saturated carbocycles. The highest BCUT2D eigenvalue weighted by Crippen LogP contribution is 2.28. The van der Waals surface area contributed by atoms with Crippen molar-refractivity contribution in [3.63, 3.8) is 0 Å². The molecule has 0 aliphatic carbocycles. The molecular weight excluding hydrogens is 320 g/mol. The van der Waals surface area contributed by atoms with Crippen LogP contribution in [-0.2, 0) is 38.1 Å². The highest BCUT2D eigenvalue weighted by molar-refractivity contribution is 5.84. The molecule has 24 heavy (non-hydrogen) atoms. The van der Waals surface area contributed by atoms with Crippen molar-refractivity contribution < 1.29 is 38.1 Å². The summed E-state index contributed by atoms with van der Waals surface area (Å²) in [6.07, 6.45) is 1.47. The molecule has 0 aromatic carbocycles. The van der Waals surface area contributed by atoms with Gasteiger partial charge in [0.15, 0.2) is 0 Å². The third-order valence-electron chi connectivity index (χ3n) is 4.09. The largest absolute Gasteiger partial charge is 0.469 e. The van der Waals surface area contributed by atoms with Crippen molar-refractivity contribution >= 4 is 23.9 Å². The average molecular weight is 344 g/mol. The average Bonchev–Trinajstić information content (AvgIpc) is 2.57. The van der Waals surface area contributed by atoms with Crippen molar-refractivity contribution in [2.24, 2.45) is 11.8 Å². The van der Waals surface area contributed by atoms with Gasteiger partial charge in [-0.3, -0.25) is 19.2 Å². The molecule has 2 aliphatic rings. The van der Waals surface area contributed by atoms with E-state index < -0.39 is 0 Å². The van der Waals surface area contributed by atoms with E-state index in [1.54, 1.807) is 0 Å². The van der Waals surface area contributed by atoms with Gasteiger partial charge >= 0.3 is 23.9 Å². The number of hydrogen-bond donors (Lipinski definition) is 0. The van der Waals surface area contributed by atoms with Gasteiger partial charge in [-0.1, -0.05) is 13.8 Å². The van der Waals surface area contributed by atoms with Crippen molar-refractivity contribution in [2.75, 3.05) is 14.2 Å². The van der Waals surface area contributed by atoms with E-state index in [1.165, 1.54) is 14.2 Å². The van der Waals surface area contributed by atoms with Crippen LogP contribution >= 0.6 is 0 Å². The summed E-state index contributed by atoms with van der Waals surface area (Å²) in [5.74, 6) is -1.55. The first-order valence-corrected chi connectivity index (χ1v) is 7.92. The van der Waals surface area contributed by atoms with E-state index in [9.17, 15) is 19.2 Å². The Bertz CT molecular complexity index is 484. The van der Waals surface area contributed by atoms with Gasteiger partial charge in [0.2, 0.25) is 0 Å². The Balaban J connectivity index is 0.000000240. The van der Waals surface area contributed by atoms with E-state index in [1.807, 2.05) is 13.8 Å². The molecule has 0 bridgehead atoms. The highest BCUT2D eigenvalue weighted by Gasteiger charge is 2.43. The van der Waals surface area contributed by atoms with Crippen LogP contribution in [0, 0.1) is 11.8 Å². The first-order chi connectivity index (χ1) is 11.4. The third-order valence-corrected chi connectivity index (χ3v) is 4.09. The summed E-state index contributed by atoms with van der Waals surface area (Å²) >= 11 is 0. The molecule has 2 saturated heterocycles. The Hall–Kier alpha value is -2.12. The van der Waals surface area contributed by atoms with Crippen LogP contribution in [0.5, 0.6) is 0 Å². The van der Waals surface area contributed by atoms with Crippen LogP contribution in [0.1, 0.15) is 39.5 Å². The standard InChI is InChI=1S/2C8H12O4/c1-3-6-5(8(10)12-6)4-7(9)11-2;1-3-5-6(12-8(5)10)4-7(9)11-2/h2*5-6H,3-4H2,1-2H3. The molecule has 2 rings (SSSR count). The van der Waals surface area contributed by atoms with Crippen LogP contribution in [0.25, 0.3) is 0 Å². The summed E-state index contributed by atoms with van der Waals surface area (Å²) in [5, 5.41) is 0. The SMILES string of the molecule is CCC1C(=O)OC1CC(=O)OC.CCC1OC(=O)C1CC(=O)OC. The van der Waals surface area contributed by atoms with E-state index in [0.717, 1.165) is 12.8 Å². The summed E-state index contributed by atoms with van der Waals surface area (Å²) in [6, 6.07) is 0. The van der Waals surface area contributed by atoms with Gasteiger partial charge in [0.1, 0.15) is 18.1 Å². The Labute approximate surface area is 140 Å². The fraction of sp³-hybridized carbons (Fsp3) is 0.750. The molecule has 4 atom stereocenters. The van der Waals surface area contributed by atoms with Crippen molar-refractivity contribution in [2.45, 2.75) is 51.7 Å². The molecule has 2 heterocycles. The lowest BCUT2D eigenvalue weighted by atomic mass is 9.92. The summed E-state index contributed by atoms with van der Waals surface area (Å²) in [7, 11) is 2.64. The molecule has 4 unspecified atom stereocenters. The summed E-state index contributed by atoms with van der Waals surface area (Å²) in [4.78, 5) is 43.2. The lowest BCUT2D eigenvalue weighted by Gasteiger charge is -2.33. The third kappa shape index (κ3) is 4.94. The fourth-order valence-corrected chi connectivity index (χ4v) is 2.50. The summed E-state index contributed by atoms with van der Waals surface area (Å²) < 4.78 is 18.5. The second-order valence-corrected chi connectivity index (χ2v) is 5.54. The lowest BCUT2D eigenvalue weighted by Crippen LogP contribution is -2.45. The molecule has 0 aromatic heterocycles. The zero-order valence-electron chi connectivity index (χ0n) is 14.4. The van der Waals surface area contributed by atoms with Crippen molar-refractivity contribution in [1.29, 1.82) is 0 Å². The number of carbonyl (C=O) groups is 4. The maximum Gasteiger partial charge on any atom is 0.313 e. The number of methoxy groups -OCH3 is 2. The molecule has 0 spiro atoms. The molecular formula is C16H24O8. The van der Waals surface area contributed by atoms with Crippen LogP contribution in [0.3, 0.4) is 0 Å². The Kier molecular flexibility index (Phi) is 7.67. The monoisotopic (exact) mass is 344 g/mol. The highest BCUT2D eigenvalue weighted by atomic mass is 16.6. The quantitative estimate of drug-likeness (QED) is 0.519. The maximum atomic E-state index is 10.8. The van der Waals surface area contributed by atoms with Crippen LogP contribution in [0.2, 0.25) is 0 Å². The van der Waals surface area contributed by atoms with Gasteiger partial charge in [-0.05, 0) is 12.8 Å². The molecule has 8 nitrogen and oxygen atoms in total. The molecule has 0 radical (unpaired) electrons. The lowest BCUT2D eigenvalue weighted by molar-refractivity contribution is -0.188. The minimum atomic E-state index is -0.352. The second-order valence-electron chi connectivity index (χ2n) is 5.54. The fourth-order valence-electron chi connectivity index (χ4n) is 2.50. The topological polar surface area (TPSA) is 105 Å². The van der Waals surface area contributed by atoms with Crippen LogP contribution in [0.4, 0.5) is 0 Å². The first kappa shape index (κ1) is 19.9. The number of rotatable bonds is 6. The molecule has 136 valence electrons. The maximum absolute atomic E-state index is 10.8. The molecule has 8 heteroatoms. The van der Waals surface area contributed by atoms with Crippen molar-refractivity contribution in [3.8, 4) is 0 Å². The number of esters is 4. The van der Waals surface area contributed by atoms with Gasteiger partial charge in [-0.15, -0.1) is 0 Å². The van der Waals surface area contributed by atoms with Crippen LogP contribution in [-0.4, -0.2) is 50.3 Å². The predicted octanol–water partition coefficient (Wildman–Crippen LogP) is 1.00. The van der Waals surface area contributed by atoms with E-state index in [2.05, 4.69) is 9.47 Å². The number of ether oxygens (including phenoxy) is 4. The van der Waals surface area contributed by atoms with E-state index in [-0.39, 0.29) is 60.8 Å². The normalized spacial score (nSPS) is 27.3. The Morgan fingerprint density at radius 2 is 1.33 bits per heavy atom. The van der Waals surface area contributed by atoms with Crippen molar-refractivity contribution in [1.82, 2.24) is 0 Å². The number of cyclic esters (lactones) is 2. The molecule has 0 aromatic rings. The van der Waals surface area contributed by atoms with E-state index in [4.69, 9.17) is 9.47 Å². The van der Waals surface area contributed by atoms with Gasteiger partial charge in [-0.2, -0.15) is 0 Å². The Morgan fingerprint density at radius 1 is 0.833 bits per heavy atom. The zero-order valence-corrected chi connectivity index (χ0v) is 14.4. The van der Waals surface area contributed by atoms with Gasteiger partial charge in [0, 0.05) is 0 Å². The van der Waals surface area contributed by atoms with E-state index >= 15 is 0 Å². The molecule has 2 aliphatic heterocycles. The van der Waals surface area contributed by atoms with Crippen LogP contribution in [0.15, 0.2) is 0 Å². The number of carbonyl (C=O) groups excluding carboxylic acids is 4. The number of hydrogen-bond acceptors (Lipinski definition) is 8. The zero-order chi connectivity index (χ0) is 18.3. The van der Waals surface area contributed by atoms with E-state index in [0.29, 0.717) is 0 Å². The van der Waals surface area contributed by atoms with Crippen molar-refractivity contribution in [3.05, 3.63) is 0 Å². The van der Waals surface area contributed by atoms with Gasteiger partial charge in [0.25, 0.3) is 0 Å². The Morgan fingerprint density at radius 3 is 1.75 bits per heavy atom. The molecule has 0 N–H and O–H groups in total. The smallest absolute Gasteiger partial charge is 0.313 e. The first-order valence-electron chi connectivity index (χ1n) is 7.92. The van der Waals surface area contributed by atoms with Gasteiger partial charge in [0.05, 0.1) is 33.0 Å². The van der Waals surface area contributed by atoms with Gasteiger partial charge in [-0.25, -0.2) is 0 Å². The van der Waals surface area contributed by atoms with Gasteiger partial charge < -0.3 is 18.9 Å².